The summed E-state index contributed by atoms with van der Waals surface area (Å²) < 4.78 is 35.4. The minimum Gasteiger partial charge on any atom is -0.299 e. The van der Waals surface area contributed by atoms with E-state index in [0.29, 0.717) is 22.7 Å². The highest BCUT2D eigenvalue weighted by atomic mass is 28.4. The maximum absolute atomic E-state index is 16.5. The molecule has 0 unspecified atom stereocenters. The molecule has 0 radical (unpaired) electrons. The fraction of sp³-hybridized carbons (Fsp3) is 0. The SMILES string of the molecule is F[Si](F)(N(c1ccccc1)c1ccccc1)N(c1ccccc1)c1ccccc1. The molecule has 144 valence electrons. The fourth-order valence-corrected chi connectivity index (χ4v) is 5.37. The van der Waals surface area contributed by atoms with E-state index >= 15 is 8.22 Å². The fourth-order valence-electron chi connectivity index (χ4n) is 3.33. The van der Waals surface area contributed by atoms with E-state index in [1.54, 1.807) is 97.1 Å². The van der Waals surface area contributed by atoms with Crippen LogP contribution in [0.25, 0.3) is 0 Å². The molecule has 2 nitrogen and oxygen atoms in total. The summed E-state index contributed by atoms with van der Waals surface area (Å²) in [6.07, 6.45) is 0. The largest absolute Gasteiger partial charge is 0.677 e. The molecule has 0 N–H and O–H groups in total. The molecule has 4 rings (SSSR count). The van der Waals surface area contributed by atoms with Crippen molar-refractivity contribution in [2.24, 2.45) is 0 Å². The normalized spacial score (nSPS) is 11.1. The quantitative estimate of drug-likeness (QED) is 0.252. The maximum atomic E-state index is 16.5. The smallest absolute Gasteiger partial charge is 0.299 e. The number of halogens is 2. The van der Waals surface area contributed by atoms with E-state index in [-0.39, 0.29) is 0 Å². The second kappa shape index (κ2) is 8.28. The molecule has 4 aromatic carbocycles. The highest BCUT2D eigenvalue weighted by molar-refractivity contribution is 6.76. The molecular weight excluding hydrogens is 382 g/mol. The van der Waals surface area contributed by atoms with Crippen LogP contribution in [0.15, 0.2) is 121 Å². The molecule has 0 atom stereocenters. The Hall–Kier alpha value is -3.44. The van der Waals surface area contributed by atoms with E-state index in [1.807, 2.05) is 24.3 Å². The Morgan fingerprint density at radius 1 is 0.379 bits per heavy atom. The summed E-state index contributed by atoms with van der Waals surface area (Å²) in [5.74, 6) is 0. The van der Waals surface area contributed by atoms with Crippen LogP contribution in [0.2, 0.25) is 0 Å². The van der Waals surface area contributed by atoms with Gasteiger partial charge in [0, 0.05) is 22.7 Å². The minimum atomic E-state index is -5.26. The van der Waals surface area contributed by atoms with Crippen molar-refractivity contribution in [3.63, 3.8) is 0 Å². The van der Waals surface area contributed by atoms with E-state index in [1.165, 1.54) is 9.13 Å². The molecule has 0 aliphatic rings. The van der Waals surface area contributed by atoms with Gasteiger partial charge in [0.05, 0.1) is 0 Å². The molecule has 0 heterocycles. The van der Waals surface area contributed by atoms with Crippen molar-refractivity contribution in [1.29, 1.82) is 0 Å². The van der Waals surface area contributed by atoms with Gasteiger partial charge in [-0.1, -0.05) is 72.8 Å². The lowest BCUT2D eigenvalue weighted by Gasteiger charge is -2.38. The van der Waals surface area contributed by atoms with Crippen LogP contribution in [-0.4, -0.2) is 9.06 Å². The molecule has 0 aromatic heterocycles. The highest BCUT2D eigenvalue weighted by Crippen LogP contribution is 2.40. The summed E-state index contributed by atoms with van der Waals surface area (Å²) in [6.45, 7) is 0. The molecule has 4 aromatic rings. The summed E-state index contributed by atoms with van der Waals surface area (Å²) in [6, 6.07) is 35.4. The minimum absolute atomic E-state index is 0.465. The first-order valence-electron chi connectivity index (χ1n) is 9.36. The van der Waals surface area contributed by atoms with Gasteiger partial charge in [-0.15, -0.1) is 0 Å². The molecule has 0 aliphatic heterocycles. The summed E-state index contributed by atoms with van der Waals surface area (Å²) in [4.78, 5) is 0. The maximum Gasteiger partial charge on any atom is 0.677 e. The van der Waals surface area contributed by atoms with Crippen LogP contribution in [0.1, 0.15) is 0 Å². The second-order valence-corrected chi connectivity index (χ2v) is 8.44. The van der Waals surface area contributed by atoms with Gasteiger partial charge in [-0.25, -0.2) is 8.22 Å². The van der Waals surface area contributed by atoms with Crippen molar-refractivity contribution in [2.45, 2.75) is 0 Å². The molecule has 0 saturated carbocycles. The van der Waals surface area contributed by atoms with Crippen molar-refractivity contribution < 1.29 is 8.22 Å². The van der Waals surface area contributed by atoms with Crippen LogP contribution in [0.4, 0.5) is 31.0 Å². The second-order valence-electron chi connectivity index (χ2n) is 6.52. The van der Waals surface area contributed by atoms with E-state index in [0.717, 1.165) is 0 Å². The zero-order chi connectivity index (χ0) is 20.1. The molecule has 29 heavy (non-hydrogen) atoms. The monoisotopic (exact) mass is 402 g/mol. The highest BCUT2D eigenvalue weighted by Gasteiger charge is 2.54. The predicted molar refractivity (Wildman–Crippen MR) is 118 cm³/mol. The first-order chi connectivity index (χ1) is 14.2. The Morgan fingerprint density at radius 3 is 0.793 bits per heavy atom. The number of nitrogens with zero attached hydrogens (tertiary/aromatic N) is 2. The molecule has 0 fully saturated rings. The van der Waals surface area contributed by atoms with Crippen molar-refractivity contribution in [3.8, 4) is 0 Å². The third kappa shape index (κ3) is 3.91. The van der Waals surface area contributed by atoms with E-state index < -0.39 is 9.06 Å². The number of hydrogen-bond acceptors (Lipinski definition) is 2. The van der Waals surface area contributed by atoms with Crippen LogP contribution in [0.5, 0.6) is 0 Å². The van der Waals surface area contributed by atoms with Gasteiger partial charge in [-0.3, -0.25) is 9.13 Å². The van der Waals surface area contributed by atoms with Crippen LogP contribution in [-0.2, 0) is 0 Å². The molecule has 0 spiro atoms. The van der Waals surface area contributed by atoms with Crippen LogP contribution < -0.4 is 9.13 Å². The molecule has 5 heteroatoms. The van der Waals surface area contributed by atoms with Gasteiger partial charge in [0.2, 0.25) is 0 Å². The van der Waals surface area contributed by atoms with Crippen LogP contribution >= 0.6 is 0 Å². The van der Waals surface area contributed by atoms with E-state index in [4.69, 9.17) is 0 Å². The summed E-state index contributed by atoms with van der Waals surface area (Å²) in [5.41, 5.74) is 1.86. The van der Waals surface area contributed by atoms with Gasteiger partial charge < -0.3 is 0 Å². The molecule has 0 saturated heterocycles. The Kier molecular flexibility index (Phi) is 5.40. The zero-order valence-electron chi connectivity index (χ0n) is 15.7. The van der Waals surface area contributed by atoms with Crippen molar-refractivity contribution in [2.75, 3.05) is 9.13 Å². The number of rotatable bonds is 6. The van der Waals surface area contributed by atoms with Crippen LogP contribution in [0, 0.1) is 0 Å². The Bertz CT molecular complexity index is 865. The van der Waals surface area contributed by atoms with Gasteiger partial charge >= 0.3 is 9.06 Å². The number of hydrogen-bond donors (Lipinski definition) is 0. The number of anilines is 4. The van der Waals surface area contributed by atoms with Crippen molar-refractivity contribution >= 4 is 31.8 Å². The average Bonchev–Trinajstić information content (AvgIpc) is 2.77. The summed E-state index contributed by atoms with van der Waals surface area (Å²) in [5, 5.41) is 0. The third-order valence-corrected chi connectivity index (χ3v) is 6.70. The van der Waals surface area contributed by atoms with Crippen molar-refractivity contribution in [1.82, 2.24) is 0 Å². The summed E-state index contributed by atoms with van der Waals surface area (Å²) in [7, 11) is -5.26. The predicted octanol–water partition coefficient (Wildman–Crippen LogP) is 7.04. The lowest BCUT2D eigenvalue weighted by molar-refractivity contribution is 0.593. The van der Waals surface area contributed by atoms with Gasteiger partial charge in [0.15, 0.2) is 0 Å². The first kappa shape index (κ1) is 18.9. The van der Waals surface area contributed by atoms with E-state index in [9.17, 15) is 0 Å². The lowest BCUT2D eigenvalue weighted by atomic mass is 10.3. The lowest BCUT2D eigenvalue weighted by Crippen LogP contribution is -2.57. The Labute approximate surface area is 170 Å². The molecule has 0 bridgehead atoms. The van der Waals surface area contributed by atoms with Gasteiger partial charge in [0.1, 0.15) is 0 Å². The summed E-state index contributed by atoms with van der Waals surface area (Å²) >= 11 is 0. The van der Waals surface area contributed by atoms with Gasteiger partial charge in [-0.05, 0) is 48.5 Å². The topological polar surface area (TPSA) is 6.48 Å². The Morgan fingerprint density at radius 2 is 0.586 bits per heavy atom. The standard InChI is InChI=1S/C24H20F2N2Si/c25-29(26,27(21-13-5-1-6-14-21)22-15-7-2-8-16-22)28(23-17-9-3-10-18-23)24-19-11-4-12-20-24/h1-20H. The third-order valence-electron chi connectivity index (χ3n) is 4.60. The van der Waals surface area contributed by atoms with Crippen molar-refractivity contribution in [3.05, 3.63) is 121 Å². The average molecular weight is 403 g/mol. The number of benzene rings is 4. The molecule has 0 aliphatic carbocycles. The van der Waals surface area contributed by atoms with Crippen LogP contribution in [0.3, 0.4) is 0 Å². The zero-order valence-corrected chi connectivity index (χ0v) is 16.7. The van der Waals surface area contributed by atoms with Gasteiger partial charge in [0.25, 0.3) is 0 Å². The molecule has 0 amide bonds. The molecular formula is C24H20F2N2Si. The van der Waals surface area contributed by atoms with Gasteiger partial charge in [-0.2, -0.15) is 0 Å². The number of para-hydroxylation sites is 4. The Balaban J connectivity index is 1.91. The van der Waals surface area contributed by atoms with E-state index in [2.05, 4.69) is 0 Å². The first-order valence-corrected chi connectivity index (χ1v) is 11.0.